The van der Waals surface area contributed by atoms with Gasteiger partial charge in [-0.1, -0.05) is 25.9 Å². The van der Waals surface area contributed by atoms with E-state index >= 15 is 0 Å². The molecule has 1 saturated heterocycles. The summed E-state index contributed by atoms with van der Waals surface area (Å²) in [7, 11) is -1.97. The normalized spacial score (nSPS) is 32.8. The molecule has 0 bridgehead atoms. The third-order valence-corrected chi connectivity index (χ3v) is 8.57. The van der Waals surface area contributed by atoms with E-state index in [1.165, 1.54) is 0 Å². The maximum absolute atomic E-state index is 9.60. The van der Waals surface area contributed by atoms with Gasteiger partial charge in [0, 0.05) is 11.3 Å². The van der Waals surface area contributed by atoms with Crippen LogP contribution in [0.5, 0.6) is 0 Å². The predicted octanol–water partition coefficient (Wildman–Crippen LogP) is 3.18. The minimum Gasteiger partial charge on any atom is -0.411 e. The molecule has 6 nitrogen and oxygen atoms in total. The second-order valence-corrected chi connectivity index (χ2v) is 11.4. The average Bonchev–Trinajstić information content (AvgIpc) is 2.22. The number of aliphatic hydroxyl groups is 1. The van der Waals surface area contributed by atoms with E-state index < -0.39 is 14.6 Å². The summed E-state index contributed by atoms with van der Waals surface area (Å²) in [4.78, 5) is 2.86. The van der Waals surface area contributed by atoms with Gasteiger partial charge in [-0.2, -0.15) is 0 Å². The molecule has 1 aliphatic heterocycles. The van der Waals surface area contributed by atoms with Crippen molar-refractivity contribution in [3.8, 4) is 0 Å². The fourth-order valence-electron chi connectivity index (χ4n) is 1.90. The molecule has 1 aliphatic rings. The molecule has 0 saturated carbocycles. The zero-order valence-corrected chi connectivity index (χ0v) is 13.6. The van der Waals surface area contributed by atoms with Crippen molar-refractivity contribution in [2.24, 2.45) is 5.11 Å². The van der Waals surface area contributed by atoms with Crippen LogP contribution in [0.4, 0.5) is 0 Å². The summed E-state index contributed by atoms with van der Waals surface area (Å²) in [6.07, 6.45) is -1.17. The van der Waals surface area contributed by atoms with E-state index in [2.05, 4.69) is 43.9 Å². The van der Waals surface area contributed by atoms with Crippen molar-refractivity contribution >= 4 is 8.32 Å². The summed E-state index contributed by atoms with van der Waals surface area (Å²) < 4.78 is 11.7. The highest BCUT2D eigenvalue weighted by Gasteiger charge is 2.44. The first-order valence-corrected chi connectivity index (χ1v) is 9.55. The number of hydrogen-bond donors (Lipinski definition) is 1. The summed E-state index contributed by atoms with van der Waals surface area (Å²) >= 11 is 0. The molecule has 110 valence electrons. The minimum atomic E-state index is -1.97. The van der Waals surface area contributed by atoms with Crippen LogP contribution in [0.1, 0.15) is 34.1 Å². The summed E-state index contributed by atoms with van der Waals surface area (Å²) in [5, 5.41) is 13.4. The Bertz CT molecular complexity index is 364. The van der Waals surface area contributed by atoms with Crippen LogP contribution in [0.2, 0.25) is 18.1 Å². The van der Waals surface area contributed by atoms with Gasteiger partial charge in [-0.25, -0.2) is 0 Å². The molecular formula is C12H25N3O3Si. The van der Waals surface area contributed by atoms with E-state index in [9.17, 15) is 5.11 Å². The van der Waals surface area contributed by atoms with Crippen LogP contribution in [0, 0.1) is 0 Å². The molecule has 0 aromatic heterocycles. The van der Waals surface area contributed by atoms with Gasteiger partial charge in [0.25, 0.3) is 0 Å². The Kier molecular flexibility index (Phi) is 5.03. The van der Waals surface area contributed by atoms with Gasteiger partial charge in [-0.15, -0.1) is 0 Å². The van der Waals surface area contributed by atoms with Crippen LogP contribution >= 0.6 is 0 Å². The summed E-state index contributed by atoms with van der Waals surface area (Å²) in [6.45, 7) is 12.6. The third-order valence-electron chi connectivity index (χ3n) is 4.09. The number of nitrogens with zero attached hydrogens (tertiary/aromatic N) is 3. The highest BCUT2D eigenvalue weighted by molar-refractivity contribution is 6.74. The molecule has 1 rings (SSSR count). The number of rotatable bonds is 3. The number of aliphatic hydroxyl groups excluding tert-OH is 1. The van der Waals surface area contributed by atoms with E-state index in [0.717, 1.165) is 0 Å². The molecule has 1 N–H and O–H groups in total. The van der Waals surface area contributed by atoms with Crippen LogP contribution < -0.4 is 0 Å². The lowest BCUT2D eigenvalue weighted by Crippen LogP contribution is -2.54. The fourth-order valence-corrected chi connectivity index (χ4v) is 3.29. The standard InChI is InChI=1S/C12H25N3O3Si/c1-8-11(18-19(5,6)12(2,3)4)9(14-15-13)7-10(16)17-8/h8-11,16H,7H2,1-6H3/t8-,9-,10?,11?/m1/s1. The smallest absolute Gasteiger partial charge is 0.192 e. The topological polar surface area (TPSA) is 87.5 Å². The van der Waals surface area contributed by atoms with Crippen molar-refractivity contribution in [2.75, 3.05) is 0 Å². The maximum Gasteiger partial charge on any atom is 0.192 e. The van der Waals surface area contributed by atoms with E-state index in [1.807, 2.05) is 6.92 Å². The Morgan fingerprint density at radius 2 is 2.00 bits per heavy atom. The van der Waals surface area contributed by atoms with Crippen molar-refractivity contribution in [2.45, 2.75) is 76.8 Å². The van der Waals surface area contributed by atoms with Crippen LogP contribution in [0.25, 0.3) is 10.4 Å². The SMILES string of the molecule is C[C@H]1OC(O)C[C@@H](N=[N+]=[N-])C1O[Si](C)(C)C(C)(C)C. The van der Waals surface area contributed by atoms with Gasteiger partial charge < -0.3 is 14.3 Å². The largest absolute Gasteiger partial charge is 0.411 e. The Balaban J connectivity index is 2.92. The zero-order chi connectivity index (χ0) is 14.8. The lowest BCUT2D eigenvalue weighted by molar-refractivity contribution is -0.195. The first kappa shape index (κ1) is 16.5. The Morgan fingerprint density at radius 3 is 2.47 bits per heavy atom. The van der Waals surface area contributed by atoms with Crippen molar-refractivity contribution in [1.82, 2.24) is 0 Å². The molecule has 1 fully saturated rings. The van der Waals surface area contributed by atoms with E-state index in [1.54, 1.807) is 0 Å². The second kappa shape index (κ2) is 5.81. The molecule has 0 radical (unpaired) electrons. The fraction of sp³-hybridized carbons (Fsp3) is 1.00. The molecule has 19 heavy (non-hydrogen) atoms. The zero-order valence-electron chi connectivity index (χ0n) is 12.6. The molecule has 2 unspecified atom stereocenters. The summed E-state index contributed by atoms with van der Waals surface area (Å²) in [5.41, 5.74) is 8.66. The van der Waals surface area contributed by atoms with Crippen molar-refractivity contribution < 1.29 is 14.3 Å². The van der Waals surface area contributed by atoms with Crippen molar-refractivity contribution in [3.05, 3.63) is 10.4 Å². The molecule has 1 heterocycles. The molecular weight excluding hydrogens is 262 g/mol. The predicted molar refractivity (Wildman–Crippen MR) is 76.2 cm³/mol. The average molecular weight is 287 g/mol. The molecule has 0 amide bonds. The van der Waals surface area contributed by atoms with Crippen LogP contribution in [-0.4, -0.2) is 38.0 Å². The molecule has 0 spiro atoms. The minimum absolute atomic E-state index is 0.0731. The molecule has 0 aromatic rings. The first-order chi connectivity index (χ1) is 8.58. The lowest BCUT2D eigenvalue weighted by atomic mass is 10.0. The summed E-state index contributed by atoms with van der Waals surface area (Å²) in [6, 6.07) is -0.377. The maximum atomic E-state index is 9.60. The Labute approximate surface area is 115 Å². The third kappa shape index (κ3) is 3.93. The molecule has 7 heteroatoms. The van der Waals surface area contributed by atoms with E-state index in [0.29, 0.717) is 0 Å². The van der Waals surface area contributed by atoms with Gasteiger partial charge >= 0.3 is 0 Å². The second-order valence-electron chi connectivity index (χ2n) is 6.65. The summed E-state index contributed by atoms with van der Waals surface area (Å²) in [5.74, 6) is 0. The highest BCUT2D eigenvalue weighted by Crippen LogP contribution is 2.39. The van der Waals surface area contributed by atoms with E-state index in [-0.39, 0.29) is 29.7 Å². The monoisotopic (exact) mass is 287 g/mol. The van der Waals surface area contributed by atoms with Gasteiger partial charge in [-0.3, -0.25) is 0 Å². The van der Waals surface area contributed by atoms with Gasteiger partial charge in [-0.05, 0) is 30.6 Å². The molecule has 0 aliphatic carbocycles. The quantitative estimate of drug-likeness (QED) is 0.374. The van der Waals surface area contributed by atoms with Crippen LogP contribution in [0.3, 0.4) is 0 Å². The van der Waals surface area contributed by atoms with Gasteiger partial charge in [0.2, 0.25) is 0 Å². The van der Waals surface area contributed by atoms with Gasteiger partial charge in [0.1, 0.15) is 0 Å². The van der Waals surface area contributed by atoms with Crippen molar-refractivity contribution in [3.63, 3.8) is 0 Å². The molecule has 4 atom stereocenters. The number of ether oxygens (including phenoxy) is 1. The van der Waals surface area contributed by atoms with E-state index in [4.69, 9.17) is 14.7 Å². The van der Waals surface area contributed by atoms with Gasteiger partial charge in [0.05, 0.1) is 18.2 Å². The number of hydrogen-bond acceptors (Lipinski definition) is 4. The molecule has 0 aromatic carbocycles. The Hall–Kier alpha value is -0.593. The highest BCUT2D eigenvalue weighted by atomic mass is 28.4. The van der Waals surface area contributed by atoms with Gasteiger partial charge in [0.15, 0.2) is 14.6 Å². The lowest BCUT2D eigenvalue weighted by Gasteiger charge is -2.45. The number of azide groups is 1. The van der Waals surface area contributed by atoms with Crippen LogP contribution in [0.15, 0.2) is 5.11 Å². The first-order valence-electron chi connectivity index (χ1n) is 6.64. The van der Waals surface area contributed by atoms with Crippen molar-refractivity contribution in [1.29, 1.82) is 0 Å². The van der Waals surface area contributed by atoms with Crippen LogP contribution in [-0.2, 0) is 9.16 Å². The Morgan fingerprint density at radius 1 is 1.42 bits per heavy atom.